The molecule has 0 spiro atoms. The summed E-state index contributed by atoms with van der Waals surface area (Å²) in [4.78, 5) is 44.7. The molecule has 6 rings (SSSR count). The number of carbonyl (C=O) groups excluding carboxylic acids is 3. The number of fused-ring (bicyclic) bond motifs is 6. The number of hydrogen-bond acceptors (Lipinski definition) is 6. The lowest BCUT2D eigenvalue weighted by Gasteiger charge is -2.17. The summed E-state index contributed by atoms with van der Waals surface area (Å²) in [6.07, 6.45) is 5.10. The van der Waals surface area contributed by atoms with Gasteiger partial charge in [-0.1, -0.05) is 47.1 Å². The highest BCUT2D eigenvalue weighted by Crippen LogP contribution is 2.53. The monoisotopic (exact) mass is 514 g/mol. The van der Waals surface area contributed by atoms with Crippen molar-refractivity contribution in [1.29, 1.82) is 0 Å². The van der Waals surface area contributed by atoms with Gasteiger partial charge in [-0.2, -0.15) is 0 Å². The van der Waals surface area contributed by atoms with E-state index in [0.29, 0.717) is 21.3 Å². The van der Waals surface area contributed by atoms with Gasteiger partial charge in [0.1, 0.15) is 0 Å². The molecule has 2 fully saturated rings. The van der Waals surface area contributed by atoms with Gasteiger partial charge in [0.15, 0.2) is 10.1 Å². The number of nitrogens with zero attached hydrogens (tertiary/aromatic N) is 2. The van der Waals surface area contributed by atoms with Gasteiger partial charge in [-0.25, -0.2) is 9.88 Å². The van der Waals surface area contributed by atoms with Gasteiger partial charge in [0.2, 0.25) is 11.8 Å². The zero-order valence-corrected chi connectivity index (χ0v) is 20.2. The number of ketones is 1. The van der Waals surface area contributed by atoms with E-state index in [2.05, 4.69) is 17.1 Å². The van der Waals surface area contributed by atoms with E-state index in [1.165, 1.54) is 28.0 Å². The first-order chi connectivity index (χ1) is 15.9. The zero-order valence-electron chi connectivity index (χ0n) is 17.0. The number of Topliss-reactive ketones (excluding diaryl/α,β-unsaturated/α-hetero) is 1. The molecule has 0 N–H and O–H groups in total. The Balaban J connectivity index is 1.21. The summed E-state index contributed by atoms with van der Waals surface area (Å²) in [6, 6.07) is 10.3. The van der Waals surface area contributed by atoms with Crippen LogP contribution in [0.25, 0.3) is 10.2 Å². The summed E-state index contributed by atoms with van der Waals surface area (Å²) in [5, 5.41) is 0.809. The van der Waals surface area contributed by atoms with Crippen molar-refractivity contribution in [3.63, 3.8) is 0 Å². The van der Waals surface area contributed by atoms with Gasteiger partial charge in [0, 0.05) is 10.6 Å². The van der Waals surface area contributed by atoms with Crippen molar-refractivity contribution in [2.75, 3.05) is 10.7 Å². The van der Waals surface area contributed by atoms with Crippen molar-refractivity contribution >= 4 is 79.8 Å². The molecule has 33 heavy (non-hydrogen) atoms. The number of hydrogen-bond donors (Lipinski definition) is 0. The minimum absolute atomic E-state index is 0.0919. The molecular formula is C24H16Cl2N2O3S2. The van der Waals surface area contributed by atoms with Crippen LogP contribution < -0.4 is 4.90 Å². The Kier molecular flexibility index (Phi) is 5.14. The van der Waals surface area contributed by atoms with E-state index in [-0.39, 0.29) is 47.0 Å². The Bertz CT molecular complexity index is 1360. The van der Waals surface area contributed by atoms with E-state index in [1.54, 1.807) is 24.3 Å². The van der Waals surface area contributed by atoms with Crippen molar-refractivity contribution < 1.29 is 14.4 Å². The maximum atomic E-state index is 13.1. The van der Waals surface area contributed by atoms with Crippen LogP contribution in [0.5, 0.6) is 0 Å². The molecule has 3 aliphatic rings. The summed E-state index contributed by atoms with van der Waals surface area (Å²) >= 11 is 14.8. The molecule has 0 radical (unpaired) electrons. The van der Waals surface area contributed by atoms with Gasteiger partial charge in [-0.15, -0.1) is 11.3 Å². The zero-order chi connectivity index (χ0) is 22.9. The number of allylic oxidation sites excluding steroid dienone is 2. The second-order valence-electron chi connectivity index (χ2n) is 8.48. The number of thioether (sulfide) groups is 1. The molecule has 2 heterocycles. The summed E-state index contributed by atoms with van der Waals surface area (Å²) in [6.45, 7) is 0. The van der Waals surface area contributed by atoms with Gasteiger partial charge in [-0.05, 0) is 54.7 Å². The topological polar surface area (TPSA) is 67.3 Å². The highest BCUT2D eigenvalue weighted by molar-refractivity contribution is 8.01. The Morgan fingerprint density at radius 3 is 2.48 bits per heavy atom. The molecule has 0 unspecified atom stereocenters. The highest BCUT2D eigenvalue weighted by Gasteiger charge is 2.59. The van der Waals surface area contributed by atoms with E-state index in [4.69, 9.17) is 23.2 Å². The molecule has 1 aliphatic heterocycles. The number of rotatable bonds is 5. The van der Waals surface area contributed by atoms with Gasteiger partial charge in [0.25, 0.3) is 0 Å². The summed E-state index contributed by atoms with van der Waals surface area (Å²) in [7, 11) is 0. The number of imide groups is 1. The molecule has 2 amide bonds. The maximum absolute atomic E-state index is 13.1. The number of aromatic nitrogens is 1. The summed E-state index contributed by atoms with van der Waals surface area (Å²) in [5.41, 5.74) is 1.79. The average molecular weight is 515 g/mol. The van der Waals surface area contributed by atoms with Crippen LogP contribution in [0.3, 0.4) is 0 Å². The van der Waals surface area contributed by atoms with Crippen LogP contribution in [0.15, 0.2) is 52.9 Å². The van der Waals surface area contributed by atoms with Crippen molar-refractivity contribution in [3.05, 3.63) is 64.2 Å². The average Bonchev–Trinajstić information content (AvgIpc) is 3.54. The molecule has 4 atom stereocenters. The lowest BCUT2D eigenvalue weighted by molar-refractivity contribution is -0.123. The third kappa shape index (κ3) is 3.44. The van der Waals surface area contributed by atoms with Crippen molar-refractivity contribution in [2.45, 2.75) is 10.8 Å². The minimum atomic E-state index is -0.221. The van der Waals surface area contributed by atoms with Crippen molar-refractivity contribution in [3.8, 4) is 0 Å². The minimum Gasteiger partial charge on any atom is -0.293 e. The van der Waals surface area contributed by atoms with E-state index in [0.717, 1.165) is 21.0 Å². The number of amides is 2. The van der Waals surface area contributed by atoms with Crippen LogP contribution in [0.1, 0.15) is 16.8 Å². The fourth-order valence-electron chi connectivity index (χ4n) is 5.17. The molecule has 5 nitrogen and oxygen atoms in total. The van der Waals surface area contributed by atoms with E-state index < -0.39 is 0 Å². The Morgan fingerprint density at radius 1 is 1.06 bits per heavy atom. The third-order valence-electron chi connectivity index (χ3n) is 6.64. The number of halogens is 2. The summed E-state index contributed by atoms with van der Waals surface area (Å²) < 4.78 is 1.60. The lowest BCUT2D eigenvalue weighted by Crippen LogP contribution is -2.32. The molecule has 3 aromatic rings. The van der Waals surface area contributed by atoms with Gasteiger partial charge >= 0.3 is 0 Å². The largest absolute Gasteiger partial charge is 0.293 e. The molecule has 9 heteroatoms. The van der Waals surface area contributed by atoms with E-state index in [9.17, 15) is 14.4 Å². The fourth-order valence-corrected chi connectivity index (χ4v) is 7.67. The van der Waals surface area contributed by atoms with Gasteiger partial charge < -0.3 is 0 Å². The smallest absolute Gasteiger partial charge is 0.238 e. The third-order valence-corrected chi connectivity index (χ3v) is 9.35. The first-order valence-electron chi connectivity index (χ1n) is 10.5. The molecule has 2 aromatic carbocycles. The number of benzene rings is 2. The maximum Gasteiger partial charge on any atom is 0.238 e. The standard InChI is InChI=1S/C24H16Cl2N2O3S2/c25-13-3-5-15(16(26)8-13)18(29)10-32-24-27-17-6-4-14(9-19(17)33-24)28-22(30)20-11-1-2-12(7-11)21(20)23(28)31/h1-6,8-9,11-12,20-21H,7,10H2/t11-,12-,20-,21-/m0/s1. The molecule has 2 bridgehead atoms. The molecule has 1 saturated heterocycles. The molecule has 1 saturated carbocycles. The molecule has 1 aromatic heterocycles. The number of thiazole rings is 1. The van der Waals surface area contributed by atoms with Crippen LogP contribution in [-0.2, 0) is 9.59 Å². The van der Waals surface area contributed by atoms with Crippen LogP contribution in [0, 0.1) is 23.7 Å². The predicted molar refractivity (Wildman–Crippen MR) is 131 cm³/mol. The second-order valence-corrected chi connectivity index (χ2v) is 11.6. The van der Waals surface area contributed by atoms with E-state index in [1.807, 2.05) is 12.1 Å². The van der Waals surface area contributed by atoms with Crippen LogP contribution in [0.4, 0.5) is 5.69 Å². The molecule has 2 aliphatic carbocycles. The van der Waals surface area contributed by atoms with Crippen molar-refractivity contribution in [1.82, 2.24) is 4.98 Å². The van der Waals surface area contributed by atoms with E-state index >= 15 is 0 Å². The fraction of sp³-hybridized carbons (Fsp3) is 0.250. The first kappa shape index (κ1) is 21.4. The Labute approximate surface area is 207 Å². The van der Waals surface area contributed by atoms with Crippen LogP contribution in [-0.4, -0.2) is 28.3 Å². The Morgan fingerprint density at radius 2 is 1.79 bits per heavy atom. The summed E-state index contributed by atoms with van der Waals surface area (Å²) in [5.74, 6) is -0.174. The highest BCUT2D eigenvalue weighted by atomic mass is 35.5. The first-order valence-corrected chi connectivity index (χ1v) is 13.0. The predicted octanol–water partition coefficient (Wildman–Crippen LogP) is 5.89. The van der Waals surface area contributed by atoms with Crippen LogP contribution in [0.2, 0.25) is 10.0 Å². The normalized spacial score (nSPS) is 25.5. The van der Waals surface area contributed by atoms with Gasteiger partial charge in [-0.3, -0.25) is 14.4 Å². The molecule has 166 valence electrons. The second kappa shape index (κ2) is 7.94. The lowest BCUT2D eigenvalue weighted by atomic mass is 9.85. The van der Waals surface area contributed by atoms with Crippen LogP contribution >= 0.6 is 46.3 Å². The molecular weight excluding hydrogens is 499 g/mol. The number of carbonyl (C=O) groups is 3. The quantitative estimate of drug-likeness (QED) is 0.184. The van der Waals surface area contributed by atoms with Crippen molar-refractivity contribution in [2.24, 2.45) is 23.7 Å². The number of anilines is 1. The van der Waals surface area contributed by atoms with Gasteiger partial charge in [0.05, 0.1) is 38.5 Å². The Hall–Kier alpha value is -2.19. The SMILES string of the molecule is O=C(CSc1nc2ccc(N3C(=O)[C@@H]4[C@@H](C3=O)[C@H]3C=C[C@H]4C3)cc2s1)c1ccc(Cl)cc1Cl.